The van der Waals surface area contributed by atoms with E-state index in [0.29, 0.717) is 32.7 Å². The molecule has 1 amide bonds. The van der Waals surface area contributed by atoms with Crippen molar-refractivity contribution in [2.45, 2.75) is 24.4 Å². The number of benzene rings is 3. The van der Waals surface area contributed by atoms with Gasteiger partial charge in [0.1, 0.15) is 5.82 Å². The van der Waals surface area contributed by atoms with Crippen LogP contribution in [0.15, 0.2) is 71.6 Å². The molecule has 1 aliphatic heterocycles. The highest BCUT2D eigenvalue weighted by molar-refractivity contribution is 7.89. The van der Waals surface area contributed by atoms with Gasteiger partial charge in [-0.15, -0.1) is 0 Å². The van der Waals surface area contributed by atoms with Gasteiger partial charge < -0.3 is 5.32 Å². The minimum absolute atomic E-state index is 0.139. The van der Waals surface area contributed by atoms with Crippen molar-refractivity contribution in [3.63, 3.8) is 0 Å². The van der Waals surface area contributed by atoms with Gasteiger partial charge in [0.25, 0.3) is 0 Å². The first-order valence-corrected chi connectivity index (χ1v) is 12.0. The molecule has 4 rings (SSSR count). The Bertz CT molecular complexity index is 1210. The minimum atomic E-state index is -3.60. The van der Waals surface area contributed by atoms with E-state index in [4.69, 9.17) is 0 Å². The second-order valence-electron chi connectivity index (χ2n) is 7.97. The molecule has 6 nitrogen and oxygen atoms in total. The van der Waals surface area contributed by atoms with Gasteiger partial charge in [-0.25, -0.2) is 12.8 Å². The molecule has 0 spiro atoms. The molecule has 1 unspecified atom stereocenters. The fourth-order valence-electron chi connectivity index (χ4n) is 3.91. The standard InChI is InChI=1S/C24H26FN3O3S/c1-18(24(29)26-17-19-6-9-22(25)10-7-19)27-12-14-28(15-13-27)32(30,31)23-11-8-20-4-2-3-5-21(20)16-23/h2-11,16,18H,12-15,17H2,1H3,(H,26,29). The van der Waals surface area contributed by atoms with Crippen molar-refractivity contribution in [2.75, 3.05) is 26.2 Å². The van der Waals surface area contributed by atoms with Crippen molar-refractivity contribution in [1.29, 1.82) is 0 Å². The molecular formula is C24H26FN3O3S. The van der Waals surface area contributed by atoms with Crippen LogP contribution in [0.4, 0.5) is 4.39 Å². The fraction of sp³-hybridized carbons (Fsp3) is 0.292. The van der Waals surface area contributed by atoms with Gasteiger partial charge in [-0.05, 0) is 47.5 Å². The van der Waals surface area contributed by atoms with Crippen LogP contribution in [-0.4, -0.2) is 55.8 Å². The van der Waals surface area contributed by atoms with Crippen LogP contribution in [0, 0.1) is 5.82 Å². The van der Waals surface area contributed by atoms with Gasteiger partial charge in [0.05, 0.1) is 10.9 Å². The summed E-state index contributed by atoms with van der Waals surface area (Å²) < 4.78 is 40.7. The van der Waals surface area contributed by atoms with Crippen molar-refractivity contribution in [3.05, 3.63) is 78.1 Å². The van der Waals surface area contributed by atoms with E-state index < -0.39 is 10.0 Å². The summed E-state index contributed by atoms with van der Waals surface area (Å²) in [6, 6.07) is 18.5. The lowest BCUT2D eigenvalue weighted by molar-refractivity contribution is -0.126. The number of carbonyl (C=O) groups is 1. The molecule has 8 heteroatoms. The predicted molar refractivity (Wildman–Crippen MR) is 122 cm³/mol. The second kappa shape index (κ2) is 9.36. The van der Waals surface area contributed by atoms with Gasteiger partial charge in [0, 0.05) is 32.7 Å². The van der Waals surface area contributed by atoms with E-state index in [9.17, 15) is 17.6 Å². The van der Waals surface area contributed by atoms with E-state index >= 15 is 0 Å². The monoisotopic (exact) mass is 455 g/mol. The van der Waals surface area contributed by atoms with Gasteiger partial charge in [0.15, 0.2) is 0 Å². The van der Waals surface area contributed by atoms with Crippen molar-refractivity contribution in [1.82, 2.24) is 14.5 Å². The number of piperazine rings is 1. The SMILES string of the molecule is CC(C(=O)NCc1ccc(F)cc1)N1CCN(S(=O)(=O)c2ccc3ccccc3c2)CC1. The van der Waals surface area contributed by atoms with E-state index in [1.54, 1.807) is 24.3 Å². The summed E-state index contributed by atoms with van der Waals surface area (Å²) in [5.74, 6) is -0.454. The number of sulfonamides is 1. The van der Waals surface area contributed by atoms with Crippen LogP contribution in [-0.2, 0) is 21.4 Å². The molecule has 1 heterocycles. The van der Waals surface area contributed by atoms with Crippen molar-refractivity contribution in [2.24, 2.45) is 0 Å². The number of carbonyl (C=O) groups excluding carboxylic acids is 1. The topological polar surface area (TPSA) is 69.7 Å². The molecule has 3 aromatic carbocycles. The second-order valence-corrected chi connectivity index (χ2v) is 9.91. The van der Waals surface area contributed by atoms with Gasteiger partial charge in [-0.3, -0.25) is 9.69 Å². The number of nitrogens with zero attached hydrogens (tertiary/aromatic N) is 2. The average Bonchev–Trinajstić information content (AvgIpc) is 2.82. The molecule has 0 saturated carbocycles. The Morgan fingerprint density at radius 2 is 1.62 bits per heavy atom. The van der Waals surface area contributed by atoms with E-state index in [1.165, 1.54) is 16.4 Å². The third kappa shape index (κ3) is 4.82. The summed E-state index contributed by atoms with van der Waals surface area (Å²) in [5, 5.41) is 4.75. The summed E-state index contributed by atoms with van der Waals surface area (Å²) in [5.41, 5.74) is 0.818. The van der Waals surface area contributed by atoms with Gasteiger partial charge in [-0.1, -0.05) is 42.5 Å². The molecule has 1 fully saturated rings. The van der Waals surface area contributed by atoms with Crippen LogP contribution in [0.3, 0.4) is 0 Å². The zero-order valence-electron chi connectivity index (χ0n) is 17.9. The van der Waals surface area contributed by atoms with Crippen molar-refractivity contribution < 1.29 is 17.6 Å². The molecule has 0 bridgehead atoms. The Morgan fingerprint density at radius 1 is 0.969 bits per heavy atom. The maximum absolute atomic E-state index is 13.1. The van der Waals surface area contributed by atoms with Crippen LogP contribution in [0.2, 0.25) is 0 Å². The number of fused-ring (bicyclic) bond motifs is 1. The molecule has 0 radical (unpaired) electrons. The number of hydrogen-bond acceptors (Lipinski definition) is 4. The predicted octanol–water partition coefficient (Wildman–Crippen LogP) is 2.99. The summed E-state index contributed by atoms with van der Waals surface area (Å²) in [6.07, 6.45) is 0. The third-order valence-corrected chi connectivity index (χ3v) is 7.83. The molecule has 0 aliphatic carbocycles. The average molecular weight is 456 g/mol. The van der Waals surface area contributed by atoms with E-state index in [-0.39, 0.29) is 22.7 Å². The molecule has 1 aliphatic rings. The normalized spacial score (nSPS) is 16.7. The highest BCUT2D eigenvalue weighted by Gasteiger charge is 2.31. The van der Waals surface area contributed by atoms with E-state index in [1.807, 2.05) is 42.2 Å². The summed E-state index contributed by atoms with van der Waals surface area (Å²) >= 11 is 0. The number of halogens is 1. The lowest BCUT2D eigenvalue weighted by atomic mass is 10.1. The van der Waals surface area contributed by atoms with Crippen molar-refractivity contribution >= 4 is 26.7 Å². The zero-order chi connectivity index (χ0) is 22.7. The number of nitrogens with one attached hydrogen (secondary N) is 1. The first-order valence-electron chi connectivity index (χ1n) is 10.6. The smallest absolute Gasteiger partial charge is 0.243 e. The molecular weight excluding hydrogens is 429 g/mol. The molecule has 0 aromatic heterocycles. The summed E-state index contributed by atoms with van der Waals surface area (Å²) in [6.45, 7) is 3.72. The quantitative estimate of drug-likeness (QED) is 0.621. The van der Waals surface area contributed by atoms with E-state index in [2.05, 4.69) is 5.32 Å². The van der Waals surface area contributed by atoms with Gasteiger partial charge in [-0.2, -0.15) is 4.31 Å². The zero-order valence-corrected chi connectivity index (χ0v) is 18.7. The van der Waals surface area contributed by atoms with Crippen LogP contribution in [0.1, 0.15) is 12.5 Å². The maximum atomic E-state index is 13.1. The maximum Gasteiger partial charge on any atom is 0.243 e. The highest BCUT2D eigenvalue weighted by atomic mass is 32.2. The largest absolute Gasteiger partial charge is 0.351 e. The molecule has 1 saturated heterocycles. The van der Waals surface area contributed by atoms with Crippen LogP contribution in [0.5, 0.6) is 0 Å². The number of rotatable bonds is 6. The lowest BCUT2D eigenvalue weighted by Gasteiger charge is -2.36. The molecule has 1 N–H and O–H groups in total. The summed E-state index contributed by atoms with van der Waals surface area (Å²) in [4.78, 5) is 14.8. The third-order valence-electron chi connectivity index (χ3n) is 5.94. The molecule has 32 heavy (non-hydrogen) atoms. The Balaban J connectivity index is 1.35. The fourth-order valence-corrected chi connectivity index (χ4v) is 5.37. The molecule has 1 atom stereocenters. The Hall–Kier alpha value is -2.81. The minimum Gasteiger partial charge on any atom is -0.351 e. The first kappa shape index (κ1) is 22.4. The van der Waals surface area contributed by atoms with Gasteiger partial charge >= 0.3 is 0 Å². The van der Waals surface area contributed by atoms with Crippen molar-refractivity contribution in [3.8, 4) is 0 Å². The van der Waals surface area contributed by atoms with Gasteiger partial charge in [0.2, 0.25) is 15.9 Å². The Labute approximate surface area is 187 Å². The Kier molecular flexibility index (Phi) is 6.55. The van der Waals surface area contributed by atoms with E-state index in [0.717, 1.165) is 16.3 Å². The molecule has 168 valence electrons. The van der Waals surface area contributed by atoms with Crippen LogP contribution < -0.4 is 5.32 Å². The highest BCUT2D eigenvalue weighted by Crippen LogP contribution is 2.23. The lowest BCUT2D eigenvalue weighted by Crippen LogP contribution is -2.54. The Morgan fingerprint density at radius 3 is 2.31 bits per heavy atom. The van der Waals surface area contributed by atoms with Crippen LogP contribution >= 0.6 is 0 Å². The number of hydrogen-bond donors (Lipinski definition) is 1. The number of amides is 1. The summed E-state index contributed by atoms with van der Waals surface area (Å²) in [7, 11) is -3.60. The van der Waals surface area contributed by atoms with Crippen LogP contribution in [0.25, 0.3) is 10.8 Å². The first-order chi connectivity index (χ1) is 15.3. The molecule has 3 aromatic rings.